The van der Waals surface area contributed by atoms with E-state index < -0.39 is 0 Å². The van der Waals surface area contributed by atoms with Crippen LogP contribution in [-0.2, 0) is 11.3 Å². The summed E-state index contributed by atoms with van der Waals surface area (Å²) < 4.78 is 5.49. The zero-order valence-electron chi connectivity index (χ0n) is 12.3. The molecule has 2 heterocycles. The van der Waals surface area contributed by atoms with Crippen LogP contribution in [0.3, 0.4) is 0 Å². The molecule has 0 unspecified atom stereocenters. The first-order valence-electron chi connectivity index (χ1n) is 7.19. The molecular formula is C15H25N3O. The minimum Gasteiger partial charge on any atom is -0.380 e. The summed E-state index contributed by atoms with van der Waals surface area (Å²) in [5, 5.41) is 3.44. The minimum atomic E-state index is 0.502. The van der Waals surface area contributed by atoms with Crippen molar-refractivity contribution in [2.45, 2.75) is 39.8 Å². The molecular weight excluding hydrogens is 238 g/mol. The van der Waals surface area contributed by atoms with Gasteiger partial charge in [-0.25, -0.2) is 4.98 Å². The molecule has 1 N–H and O–H groups in total. The van der Waals surface area contributed by atoms with E-state index in [4.69, 9.17) is 9.72 Å². The number of nitrogens with zero attached hydrogens (tertiary/aromatic N) is 2. The van der Waals surface area contributed by atoms with Crippen molar-refractivity contribution in [3.8, 4) is 0 Å². The van der Waals surface area contributed by atoms with Crippen LogP contribution in [0.15, 0.2) is 12.1 Å². The van der Waals surface area contributed by atoms with Crippen molar-refractivity contribution < 1.29 is 4.74 Å². The van der Waals surface area contributed by atoms with E-state index in [1.807, 2.05) is 0 Å². The Balaban J connectivity index is 2.04. The lowest BCUT2D eigenvalue weighted by Crippen LogP contribution is -2.27. The van der Waals surface area contributed by atoms with Crippen molar-refractivity contribution in [1.29, 1.82) is 0 Å². The highest BCUT2D eigenvalue weighted by molar-refractivity contribution is 5.41. The molecule has 2 rings (SSSR count). The summed E-state index contributed by atoms with van der Waals surface area (Å²) in [6.07, 6.45) is 1.08. The number of rotatable bonds is 4. The highest BCUT2D eigenvalue weighted by Gasteiger charge is 2.12. The smallest absolute Gasteiger partial charge is 0.128 e. The van der Waals surface area contributed by atoms with Crippen molar-refractivity contribution in [1.82, 2.24) is 10.3 Å². The Morgan fingerprint density at radius 1 is 1.32 bits per heavy atom. The number of pyridine rings is 1. The molecule has 1 aromatic heterocycles. The molecule has 1 saturated heterocycles. The molecule has 1 aliphatic heterocycles. The zero-order chi connectivity index (χ0) is 13.7. The Kier molecular flexibility index (Phi) is 5.16. The van der Waals surface area contributed by atoms with E-state index >= 15 is 0 Å². The van der Waals surface area contributed by atoms with Crippen molar-refractivity contribution in [3.63, 3.8) is 0 Å². The molecule has 0 saturated carbocycles. The molecule has 4 heteroatoms. The maximum absolute atomic E-state index is 5.49. The molecule has 0 bridgehead atoms. The van der Waals surface area contributed by atoms with Crippen molar-refractivity contribution in [3.05, 3.63) is 23.4 Å². The molecule has 1 fully saturated rings. The third-order valence-corrected chi connectivity index (χ3v) is 3.43. The molecule has 1 aliphatic rings. The van der Waals surface area contributed by atoms with Crippen LogP contribution in [-0.4, -0.2) is 37.3 Å². The molecule has 1 aromatic rings. The lowest BCUT2D eigenvalue weighted by molar-refractivity contribution is 0.152. The first kappa shape index (κ1) is 14.3. The summed E-state index contributed by atoms with van der Waals surface area (Å²) in [6, 6.07) is 4.83. The second kappa shape index (κ2) is 6.87. The van der Waals surface area contributed by atoms with Gasteiger partial charge in [-0.2, -0.15) is 0 Å². The van der Waals surface area contributed by atoms with E-state index in [0.717, 1.165) is 50.8 Å². The summed E-state index contributed by atoms with van der Waals surface area (Å²) in [6.45, 7) is 11.0. The molecule has 0 radical (unpaired) electrons. The van der Waals surface area contributed by atoms with Gasteiger partial charge < -0.3 is 15.0 Å². The molecule has 19 heavy (non-hydrogen) atoms. The van der Waals surface area contributed by atoms with Crippen LogP contribution in [0.2, 0.25) is 0 Å². The van der Waals surface area contributed by atoms with Crippen molar-refractivity contribution >= 4 is 5.82 Å². The van der Waals surface area contributed by atoms with Gasteiger partial charge in [-0.15, -0.1) is 0 Å². The zero-order valence-corrected chi connectivity index (χ0v) is 12.3. The van der Waals surface area contributed by atoms with Crippen molar-refractivity contribution in [2.75, 3.05) is 31.2 Å². The molecule has 0 amide bonds. The maximum atomic E-state index is 5.49. The molecule has 0 aliphatic carbocycles. The average Bonchev–Trinajstić information content (AvgIpc) is 2.66. The SMILES string of the molecule is Cc1nc(N2CCCOCC2)ccc1CNC(C)C. The van der Waals surface area contributed by atoms with Gasteiger partial charge in [-0.1, -0.05) is 19.9 Å². The quantitative estimate of drug-likeness (QED) is 0.903. The summed E-state index contributed by atoms with van der Waals surface area (Å²) in [5.74, 6) is 1.08. The van der Waals surface area contributed by atoms with E-state index in [0.29, 0.717) is 6.04 Å². The molecule has 0 aromatic carbocycles. The van der Waals surface area contributed by atoms with E-state index in [1.165, 1.54) is 5.56 Å². The van der Waals surface area contributed by atoms with Gasteiger partial charge in [0.05, 0.1) is 6.61 Å². The van der Waals surface area contributed by atoms with Crippen LogP contribution in [0.5, 0.6) is 0 Å². The fourth-order valence-corrected chi connectivity index (χ4v) is 2.23. The second-order valence-electron chi connectivity index (χ2n) is 5.40. The van der Waals surface area contributed by atoms with E-state index in [2.05, 4.69) is 43.1 Å². The highest BCUT2D eigenvalue weighted by atomic mass is 16.5. The molecule has 106 valence electrons. The fraction of sp³-hybridized carbons (Fsp3) is 0.667. The van der Waals surface area contributed by atoms with Gasteiger partial charge in [0, 0.05) is 38.0 Å². The summed E-state index contributed by atoms with van der Waals surface area (Å²) in [4.78, 5) is 7.07. The first-order valence-corrected chi connectivity index (χ1v) is 7.19. The monoisotopic (exact) mass is 263 g/mol. The van der Waals surface area contributed by atoms with Gasteiger partial charge in [0.25, 0.3) is 0 Å². The number of nitrogens with one attached hydrogen (secondary N) is 1. The summed E-state index contributed by atoms with van der Waals surface area (Å²) >= 11 is 0. The van der Waals surface area contributed by atoms with E-state index in [-0.39, 0.29) is 0 Å². The van der Waals surface area contributed by atoms with Gasteiger partial charge in [0.2, 0.25) is 0 Å². The second-order valence-corrected chi connectivity index (χ2v) is 5.40. The Hall–Kier alpha value is -1.13. The van der Waals surface area contributed by atoms with Crippen LogP contribution >= 0.6 is 0 Å². The van der Waals surface area contributed by atoms with Gasteiger partial charge in [0.15, 0.2) is 0 Å². The third-order valence-electron chi connectivity index (χ3n) is 3.43. The number of anilines is 1. The number of ether oxygens (including phenoxy) is 1. The summed E-state index contributed by atoms with van der Waals surface area (Å²) in [7, 11) is 0. The Morgan fingerprint density at radius 3 is 2.89 bits per heavy atom. The predicted octanol–water partition coefficient (Wildman–Crippen LogP) is 2.11. The Morgan fingerprint density at radius 2 is 2.16 bits per heavy atom. The maximum Gasteiger partial charge on any atom is 0.128 e. The molecule has 0 atom stereocenters. The van der Waals surface area contributed by atoms with E-state index in [9.17, 15) is 0 Å². The largest absolute Gasteiger partial charge is 0.380 e. The predicted molar refractivity (Wildman–Crippen MR) is 78.6 cm³/mol. The third kappa shape index (κ3) is 4.18. The average molecular weight is 263 g/mol. The Labute approximate surface area is 116 Å². The lowest BCUT2D eigenvalue weighted by Gasteiger charge is -2.22. The van der Waals surface area contributed by atoms with Gasteiger partial charge in [0.1, 0.15) is 5.82 Å². The normalized spacial score (nSPS) is 16.7. The molecule has 4 nitrogen and oxygen atoms in total. The van der Waals surface area contributed by atoms with E-state index in [1.54, 1.807) is 0 Å². The Bertz CT molecular complexity index is 398. The highest BCUT2D eigenvalue weighted by Crippen LogP contribution is 2.16. The van der Waals surface area contributed by atoms with Gasteiger partial charge in [-0.05, 0) is 25.0 Å². The molecule has 0 spiro atoms. The van der Waals surface area contributed by atoms with Crippen LogP contribution < -0.4 is 10.2 Å². The topological polar surface area (TPSA) is 37.4 Å². The number of aryl methyl sites for hydroxylation is 1. The number of hydrogen-bond acceptors (Lipinski definition) is 4. The number of aromatic nitrogens is 1. The number of hydrogen-bond donors (Lipinski definition) is 1. The first-order chi connectivity index (χ1) is 9.16. The van der Waals surface area contributed by atoms with Gasteiger partial charge in [-0.3, -0.25) is 0 Å². The minimum absolute atomic E-state index is 0.502. The van der Waals surface area contributed by atoms with Crippen LogP contribution in [0.1, 0.15) is 31.5 Å². The lowest BCUT2D eigenvalue weighted by atomic mass is 10.2. The van der Waals surface area contributed by atoms with Crippen LogP contribution in [0.4, 0.5) is 5.82 Å². The van der Waals surface area contributed by atoms with Crippen LogP contribution in [0, 0.1) is 6.92 Å². The summed E-state index contributed by atoms with van der Waals surface area (Å²) in [5.41, 5.74) is 2.40. The van der Waals surface area contributed by atoms with Crippen molar-refractivity contribution in [2.24, 2.45) is 0 Å². The fourth-order valence-electron chi connectivity index (χ4n) is 2.23. The van der Waals surface area contributed by atoms with Crippen LogP contribution in [0.25, 0.3) is 0 Å². The van der Waals surface area contributed by atoms with Gasteiger partial charge >= 0.3 is 0 Å². The standard InChI is InChI=1S/C15H25N3O/c1-12(2)16-11-14-5-6-15(17-13(14)3)18-7-4-9-19-10-8-18/h5-6,12,16H,4,7-11H2,1-3H3.